The number of piperidine rings is 1. The topological polar surface area (TPSA) is 62.7 Å². The van der Waals surface area contributed by atoms with Crippen LogP contribution in [-0.2, 0) is 11.4 Å². The summed E-state index contributed by atoms with van der Waals surface area (Å²) in [6.45, 7) is 3.26. The number of aromatic nitrogens is 1. The molecule has 3 aromatic rings. The summed E-state index contributed by atoms with van der Waals surface area (Å²) in [6.07, 6.45) is 4.44. The summed E-state index contributed by atoms with van der Waals surface area (Å²) in [7, 11) is 0. The molecule has 5 heteroatoms. The third kappa shape index (κ3) is 5.12. The Kier molecular flexibility index (Phi) is 6.63. The first kappa shape index (κ1) is 21.1. The number of likely N-dealkylation sites (tertiary alicyclic amines) is 1. The Morgan fingerprint density at radius 1 is 1.10 bits per heavy atom. The molecule has 2 aromatic carbocycles. The Bertz CT molecular complexity index is 987. The molecular weight excluding hydrogens is 388 g/mol. The van der Waals surface area contributed by atoms with Crippen molar-refractivity contribution in [3.8, 4) is 5.75 Å². The lowest BCUT2D eigenvalue weighted by Crippen LogP contribution is -2.47. The number of carboxylic acid groups (broad SMARTS) is 1. The first-order valence-electron chi connectivity index (χ1n) is 10.8. The highest BCUT2D eigenvalue weighted by Gasteiger charge is 2.35. The van der Waals surface area contributed by atoms with E-state index in [9.17, 15) is 9.90 Å². The number of carbonyl (C=O) groups is 1. The second-order valence-corrected chi connectivity index (χ2v) is 8.09. The maximum Gasteiger partial charge on any atom is 0.320 e. The van der Waals surface area contributed by atoms with E-state index in [0.717, 1.165) is 47.5 Å². The minimum atomic E-state index is -0.764. The van der Waals surface area contributed by atoms with Gasteiger partial charge in [0.1, 0.15) is 18.4 Å². The van der Waals surface area contributed by atoms with Crippen LogP contribution < -0.4 is 4.74 Å². The molecule has 5 nitrogen and oxygen atoms in total. The monoisotopic (exact) mass is 416 g/mol. The fourth-order valence-electron chi connectivity index (χ4n) is 4.19. The van der Waals surface area contributed by atoms with E-state index < -0.39 is 12.0 Å². The van der Waals surface area contributed by atoms with Crippen LogP contribution in [0.5, 0.6) is 5.75 Å². The van der Waals surface area contributed by atoms with Gasteiger partial charge in [0.15, 0.2) is 0 Å². The Hall–Kier alpha value is -3.18. The zero-order valence-corrected chi connectivity index (χ0v) is 17.8. The number of aryl methyl sites for hydroxylation is 1. The summed E-state index contributed by atoms with van der Waals surface area (Å²) >= 11 is 0. The van der Waals surface area contributed by atoms with Gasteiger partial charge >= 0.3 is 5.97 Å². The number of benzene rings is 2. The molecule has 31 heavy (non-hydrogen) atoms. The average Bonchev–Trinajstić information content (AvgIpc) is 2.81. The molecule has 0 amide bonds. The zero-order chi connectivity index (χ0) is 21.6. The molecule has 0 radical (unpaired) electrons. The minimum absolute atomic E-state index is 0.204. The number of pyridine rings is 1. The van der Waals surface area contributed by atoms with E-state index in [2.05, 4.69) is 9.88 Å². The first-order chi connectivity index (χ1) is 15.1. The Balaban J connectivity index is 1.60. The lowest BCUT2D eigenvalue weighted by atomic mass is 9.94. The van der Waals surface area contributed by atoms with Crippen LogP contribution in [0.1, 0.15) is 47.7 Å². The minimum Gasteiger partial charge on any atom is -0.489 e. The summed E-state index contributed by atoms with van der Waals surface area (Å²) < 4.78 is 5.93. The van der Waals surface area contributed by atoms with Crippen molar-refractivity contribution in [3.05, 3.63) is 95.3 Å². The quantitative estimate of drug-likeness (QED) is 0.587. The van der Waals surface area contributed by atoms with Crippen molar-refractivity contribution >= 4 is 5.97 Å². The number of carboxylic acids is 1. The van der Waals surface area contributed by atoms with Crippen LogP contribution in [0.4, 0.5) is 0 Å². The number of hydrogen-bond donors (Lipinski definition) is 1. The Morgan fingerprint density at radius 2 is 1.87 bits per heavy atom. The van der Waals surface area contributed by atoms with E-state index in [1.807, 2.05) is 79.9 Å². The molecule has 2 atom stereocenters. The van der Waals surface area contributed by atoms with Crippen molar-refractivity contribution in [1.82, 2.24) is 9.88 Å². The summed E-state index contributed by atoms with van der Waals surface area (Å²) in [6, 6.07) is 21.4. The third-order valence-electron chi connectivity index (χ3n) is 5.82. The van der Waals surface area contributed by atoms with E-state index in [1.54, 1.807) is 0 Å². The predicted octanol–water partition coefficient (Wildman–Crippen LogP) is 5.00. The van der Waals surface area contributed by atoms with E-state index in [4.69, 9.17) is 4.74 Å². The fraction of sp³-hybridized carbons (Fsp3) is 0.308. The molecule has 0 aliphatic carbocycles. The van der Waals surface area contributed by atoms with Crippen molar-refractivity contribution in [2.24, 2.45) is 0 Å². The Labute approximate surface area is 183 Å². The lowest BCUT2D eigenvalue weighted by molar-refractivity contribution is -0.145. The van der Waals surface area contributed by atoms with Crippen molar-refractivity contribution in [2.75, 3.05) is 6.54 Å². The molecule has 2 heterocycles. The number of ether oxygens (including phenoxy) is 1. The van der Waals surface area contributed by atoms with E-state index in [-0.39, 0.29) is 6.04 Å². The van der Waals surface area contributed by atoms with Gasteiger partial charge in [-0.25, -0.2) is 0 Å². The highest BCUT2D eigenvalue weighted by Crippen LogP contribution is 2.34. The molecule has 1 aliphatic rings. The number of nitrogens with zero attached hydrogens (tertiary/aromatic N) is 2. The largest absolute Gasteiger partial charge is 0.489 e. The van der Waals surface area contributed by atoms with Crippen LogP contribution in [0.3, 0.4) is 0 Å². The van der Waals surface area contributed by atoms with Crippen molar-refractivity contribution in [1.29, 1.82) is 0 Å². The van der Waals surface area contributed by atoms with E-state index in [0.29, 0.717) is 13.0 Å². The molecule has 0 bridgehead atoms. The highest BCUT2D eigenvalue weighted by molar-refractivity contribution is 5.73. The molecule has 160 valence electrons. The van der Waals surface area contributed by atoms with Gasteiger partial charge in [-0.05, 0) is 61.2 Å². The van der Waals surface area contributed by atoms with Crippen molar-refractivity contribution in [3.63, 3.8) is 0 Å². The summed E-state index contributed by atoms with van der Waals surface area (Å²) in [5.74, 6) is 0.0243. The molecule has 1 N–H and O–H groups in total. The molecule has 0 spiro atoms. The maximum absolute atomic E-state index is 12.0. The fourth-order valence-corrected chi connectivity index (χ4v) is 4.19. The van der Waals surface area contributed by atoms with E-state index >= 15 is 0 Å². The van der Waals surface area contributed by atoms with Gasteiger partial charge in [-0.1, -0.05) is 55.0 Å². The molecule has 1 aliphatic heterocycles. The second-order valence-electron chi connectivity index (χ2n) is 8.09. The normalized spacial score (nSPS) is 17.8. The van der Waals surface area contributed by atoms with Crippen LogP contribution in [0.15, 0.2) is 72.9 Å². The molecule has 4 rings (SSSR count). The van der Waals surface area contributed by atoms with E-state index in [1.165, 1.54) is 0 Å². The van der Waals surface area contributed by atoms with Gasteiger partial charge in [-0.3, -0.25) is 14.7 Å². The molecule has 2 unspecified atom stereocenters. The Morgan fingerprint density at radius 3 is 2.55 bits per heavy atom. The van der Waals surface area contributed by atoms with Gasteiger partial charge < -0.3 is 9.84 Å². The highest BCUT2D eigenvalue weighted by atomic mass is 16.5. The van der Waals surface area contributed by atoms with Crippen molar-refractivity contribution in [2.45, 2.75) is 44.9 Å². The number of hydrogen-bond acceptors (Lipinski definition) is 4. The third-order valence-corrected chi connectivity index (χ3v) is 5.82. The predicted molar refractivity (Wildman–Crippen MR) is 120 cm³/mol. The second kappa shape index (κ2) is 9.75. The van der Waals surface area contributed by atoms with Crippen LogP contribution in [0.25, 0.3) is 0 Å². The summed E-state index contributed by atoms with van der Waals surface area (Å²) in [5, 5.41) is 9.84. The van der Waals surface area contributed by atoms with Crippen LogP contribution >= 0.6 is 0 Å². The van der Waals surface area contributed by atoms with Crippen LogP contribution in [0.2, 0.25) is 0 Å². The smallest absolute Gasteiger partial charge is 0.320 e. The summed E-state index contributed by atoms with van der Waals surface area (Å²) in [5.41, 5.74) is 4.10. The SMILES string of the molecule is Cc1ccc(C(c2ccc(OCc3ccccc3)cc2)N2CCCCC2C(=O)O)nc1. The maximum atomic E-state index is 12.0. The lowest BCUT2D eigenvalue weighted by Gasteiger charge is -2.39. The number of aliphatic carboxylic acids is 1. The van der Waals surface area contributed by atoms with Crippen LogP contribution in [-0.4, -0.2) is 33.5 Å². The molecule has 1 saturated heterocycles. The van der Waals surface area contributed by atoms with Crippen LogP contribution in [0, 0.1) is 6.92 Å². The molecular formula is C26H28N2O3. The standard InChI is InChI=1S/C26H28N2O3/c1-19-10-15-23(27-17-19)25(28-16-6-5-9-24(28)26(29)30)21-11-13-22(14-12-21)31-18-20-7-3-2-4-8-20/h2-4,7-8,10-15,17,24-25H,5-6,9,16,18H2,1H3,(H,29,30). The zero-order valence-electron chi connectivity index (χ0n) is 17.8. The van der Waals surface area contributed by atoms with Gasteiger partial charge in [0.25, 0.3) is 0 Å². The molecule has 1 aromatic heterocycles. The first-order valence-corrected chi connectivity index (χ1v) is 10.8. The van der Waals surface area contributed by atoms with Gasteiger partial charge in [0, 0.05) is 6.20 Å². The number of rotatable bonds is 7. The van der Waals surface area contributed by atoms with Gasteiger partial charge in [-0.2, -0.15) is 0 Å². The van der Waals surface area contributed by atoms with Gasteiger partial charge in [0.05, 0.1) is 11.7 Å². The van der Waals surface area contributed by atoms with Crippen molar-refractivity contribution < 1.29 is 14.6 Å². The summed E-state index contributed by atoms with van der Waals surface area (Å²) in [4.78, 5) is 18.7. The molecule has 0 saturated carbocycles. The molecule has 1 fully saturated rings. The van der Waals surface area contributed by atoms with Gasteiger partial charge in [0.2, 0.25) is 0 Å². The average molecular weight is 417 g/mol. The van der Waals surface area contributed by atoms with Gasteiger partial charge in [-0.15, -0.1) is 0 Å².